The lowest BCUT2D eigenvalue weighted by Crippen LogP contribution is -2.08. The second kappa shape index (κ2) is 9.07. The van der Waals surface area contributed by atoms with Gasteiger partial charge in [0.2, 0.25) is 5.82 Å². The highest BCUT2D eigenvalue weighted by Crippen LogP contribution is 2.38. The molecule has 120 valence electrons. The Morgan fingerprint density at radius 3 is 2.29 bits per heavy atom. The first-order chi connectivity index (χ1) is 10.0. The molecular weight excluding hydrogens is 299 g/mol. The van der Waals surface area contributed by atoms with E-state index in [9.17, 15) is 13.2 Å². The number of unbranched alkanes of at least 4 members (excludes halogenated alkanes) is 3. The Morgan fingerprint density at radius 1 is 0.952 bits per heavy atom. The van der Waals surface area contributed by atoms with Crippen molar-refractivity contribution in [1.29, 1.82) is 0 Å². The quantitative estimate of drug-likeness (QED) is 0.296. The number of hydrogen-bond donors (Lipinski definition) is 1. The van der Waals surface area contributed by atoms with E-state index in [4.69, 9.17) is 10.5 Å². The molecule has 0 aliphatic rings. The normalized spacial score (nSPS) is 10.9. The average molecular weight is 321 g/mol. The molecule has 0 aliphatic heterocycles. The fraction of sp³-hybridized carbons (Fsp3) is 0.600. The number of rotatable bonds is 9. The SMILES string of the molecule is CCCCCCOc1c(F)c(F)c(N)c(SCCC)c1F. The summed E-state index contributed by atoms with van der Waals surface area (Å²) in [6.07, 6.45) is 4.44. The van der Waals surface area contributed by atoms with E-state index in [0.717, 1.165) is 37.4 Å². The van der Waals surface area contributed by atoms with Crippen LogP contribution in [0.4, 0.5) is 18.9 Å². The maximum atomic E-state index is 14.2. The van der Waals surface area contributed by atoms with Gasteiger partial charge in [-0.15, -0.1) is 11.8 Å². The molecule has 6 heteroatoms. The van der Waals surface area contributed by atoms with Crippen molar-refractivity contribution in [2.24, 2.45) is 0 Å². The van der Waals surface area contributed by atoms with E-state index in [0.29, 0.717) is 12.2 Å². The van der Waals surface area contributed by atoms with Gasteiger partial charge < -0.3 is 10.5 Å². The fourth-order valence-corrected chi connectivity index (χ4v) is 2.68. The van der Waals surface area contributed by atoms with Gasteiger partial charge in [-0.05, 0) is 18.6 Å². The molecule has 2 nitrogen and oxygen atoms in total. The van der Waals surface area contributed by atoms with Crippen molar-refractivity contribution in [2.75, 3.05) is 18.1 Å². The molecule has 0 aromatic heterocycles. The molecular formula is C15H22F3NOS. The van der Waals surface area contributed by atoms with Crippen LogP contribution < -0.4 is 10.5 Å². The summed E-state index contributed by atoms with van der Waals surface area (Å²) < 4.78 is 46.9. The van der Waals surface area contributed by atoms with Crippen molar-refractivity contribution in [1.82, 2.24) is 0 Å². The molecule has 0 saturated carbocycles. The van der Waals surface area contributed by atoms with Crippen molar-refractivity contribution in [3.05, 3.63) is 17.5 Å². The first-order valence-corrected chi connectivity index (χ1v) is 8.24. The fourth-order valence-electron chi connectivity index (χ4n) is 1.81. The molecule has 0 amide bonds. The predicted octanol–water partition coefficient (Wildman–Crippen LogP) is 5.15. The Kier molecular flexibility index (Phi) is 7.78. The molecule has 0 radical (unpaired) electrons. The summed E-state index contributed by atoms with van der Waals surface area (Å²) in [6, 6.07) is 0. The minimum absolute atomic E-state index is 0.0701. The van der Waals surface area contributed by atoms with Gasteiger partial charge in [0.1, 0.15) is 0 Å². The maximum absolute atomic E-state index is 14.2. The van der Waals surface area contributed by atoms with E-state index < -0.39 is 28.9 Å². The minimum Gasteiger partial charge on any atom is -0.488 e. The Labute approximate surface area is 128 Å². The van der Waals surface area contributed by atoms with E-state index in [1.807, 2.05) is 6.92 Å². The van der Waals surface area contributed by atoms with Crippen LogP contribution in [0.2, 0.25) is 0 Å². The smallest absolute Gasteiger partial charge is 0.205 e. The molecule has 0 spiro atoms. The largest absolute Gasteiger partial charge is 0.488 e. The standard InChI is InChI=1S/C15H22F3NOS/c1-3-5-6-7-8-20-14-11(17)10(16)13(19)15(12(14)18)21-9-4-2/h3-9,19H2,1-2H3. The van der Waals surface area contributed by atoms with Gasteiger partial charge in [-0.1, -0.05) is 33.1 Å². The number of halogens is 3. The van der Waals surface area contributed by atoms with E-state index in [2.05, 4.69) is 6.92 Å². The summed E-state index contributed by atoms with van der Waals surface area (Å²) in [5.41, 5.74) is 4.97. The highest BCUT2D eigenvalue weighted by molar-refractivity contribution is 7.99. The van der Waals surface area contributed by atoms with E-state index in [-0.39, 0.29) is 11.5 Å². The van der Waals surface area contributed by atoms with Crippen molar-refractivity contribution in [2.45, 2.75) is 50.8 Å². The predicted molar refractivity (Wildman–Crippen MR) is 81.4 cm³/mol. The first-order valence-electron chi connectivity index (χ1n) is 7.26. The Balaban J connectivity index is 2.89. The van der Waals surface area contributed by atoms with Crippen LogP contribution in [0.15, 0.2) is 4.90 Å². The summed E-state index contributed by atoms with van der Waals surface area (Å²) in [5, 5.41) is 0. The highest BCUT2D eigenvalue weighted by atomic mass is 32.2. The Bertz CT molecular complexity index is 469. The molecule has 1 rings (SSSR count). The van der Waals surface area contributed by atoms with Crippen LogP contribution in [0.25, 0.3) is 0 Å². The molecule has 1 aromatic carbocycles. The second-order valence-electron chi connectivity index (χ2n) is 4.77. The lowest BCUT2D eigenvalue weighted by Gasteiger charge is -2.14. The molecule has 0 saturated heterocycles. The molecule has 21 heavy (non-hydrogen) atoms. The number of thioether (sulfide) groups is 1. The lowest BCUT2D eigenvalue weighted by molar-refractivity contribution is 0.267. The van der Waals surface area contributed by atoms with Gasteiger partial charge in [0, 0.05) is 0 Å². The molecule has 0 heterocycles. The summed E-state index contributed by atoms with van der Waals surface area (Å²) in [7, 11) is 0. The van der Waals surface area contributed by atoms with Crippen LogP contribution in [-0.2, 0) is 0 Å². The number of nitrogen functional groups attached to an aromatic ring is 1. The summed E-state index contributed by atoms with van der Waals surface area (Å²) in [4.78, 5) is -0.0701. The van der Waals surface area contributed by atoms with Crippen LogP contribution in [0.5, 0.6) is 5.75 Å². The summed E-state index contributed by atoms with van der Waals surface area (Å²) >= 11 is 1.07. The molecule has 1 aromatic rings. The van der Waals surface area contributed by atoms with E-state index in [1.54, 1.807) is 0 Å². The van der Waals surface area contributed by atoms with E-state index in [1.165, 1.54) is 0 Å². The molecule has 0 bridgehead atoms. The number of hydrogen-bond acceptors (Lipinski definition) is 3. The zero-order valence-electron chi connectivity index (χ0n) is 12.5. The van der Waals surface area contributed by atoms with Crippen molar-refractivity contribution >= 4 is 17.4 Å². The molecule has 0 atom stereocenters. The third-order valence-corrected chi connectivity index (χ3v) is 4.27. The zero-order valence-corrected chi connectivity index (χ0v) is 13.3. The van der Waals surface area contributed by atoms with Gasteiger partial charge in [0.15, 0.2) is 17.4 Å². The van der Waals surface area contributed by atoms with Gasteiger partial charge in [-0.25, -0.2) is 8.78 Å². The number of ether oxygens (including phenoxy) is 1. The summed E-state index contributed by atoms with van der Waals surface area (Å²) in [6.45, 7) is 4.13. The topological polar surface area (TPSA) is 35.2 Å². The average Bonchev–Trinajstić information content (AvgIpc) is 2.48. The highest BCUT2D eigenvalue weighted by Gasteiger charge is 2.24. The lowest BCUT2D eigenvalue weighted by atomic mass is 10.2. The molecule has 2 N–H and O–H groups in total. The minimum atomic E-state index is -1.35. The number of nitrogens with two attached hydrogens (primary N) is 1. The van der Waals surface area contributed by atoms with Gasteiger partial charge in [0.05, 0.1) is 17.2 Å². The van der Waals surface area contributed by atoms with Crippen LogP contribution in [0.1, 0.15) is 46.0 Å². The van der Waals surface area contributed by atoms with Gasteiger partial charge in [-0.3, -0.25) is 0 Å². The third kappa shape index (κ3) is 4.73. The van der Waals surface area contributed by atoms with Crippen LogP contribution in [0.3, 0.4) is 0 Å². The van der Waals surface area contributed by atoms with Crippen LogP contribution in [-0.4, -0.2) is 12.4 Å². The monoisotopic (exact) mass is 321 g/mol. The summed E-state index contributed by atoms with van der Waals surface area (Å²) in [5.74, 6) is -3.57. The Morgan fingerprint density at radius 2 is 1.67 bits per heavy atom. The van der Waals surface area contributed by atoms with Crippen molar-refractivity contribution in [3.8, 4) is 5.75 Å². The number of anilines is 1. The van der Waals surface area contributed by atoms with Gasteiger partial charge in [-0.2, -0.15) is 4.39 Å². The van der Waals surface area contributed by atoms with Gasteiger partial charge in [0.25, 0.3) is 0 Å². The van der Waals surface area contributed by atoms with E-state index >= 15 is 0 Å². The zero-order chi connectivity index (χ0) is 15.8. The van der Waals surface area contributed by atoms with Crippen molar-refractivity contribution < 1.29 is 17.9 Å². The molecule has 0 unspecified atom stereocenters. The third-order valence-electron chi connectivity index (χ3n) is 2.97. The second-order valence-corrected chi connectivity index (χ2v) is 5.88. The molecule has 0 aliphatic carbocycles. The first kappa shape index (κ1) is 18.0. The Hall–Kier alpha value is -1.04. The van der Waals surface area contributed by atoms with Gasteiger partial charge >= 0.3 is 0 Å². The maximum Gasteiger partial charge on any atom is 0.205 e. The number of benzene rings is 1. The van der Waals surface area contributed by atoms with Crippen LogP contribution >= 0.6 is 11.8 Å². The molecule has 0 fully saturated rings. The van der Waals surface area contributed by atoms with Crippen LogP contribution in [0, 0.1) is 17.5 Å². The van der Waals surface area contributed by atoms with Crippen molar-refractivity contribution in [3.63, 3.8) is 0 Å².